The van der Waals surface area contributed by atoms with Gasteiger partial charge in [-0.3, -0.25) is 0 Å². The van der Waals surface area contributed by atoms with Gasteiger partial charge >= 0.3 is 0 Å². The van der Waals surface area contributed by atoms with Crippen LogP contribution in [0.15, 0.2) is 146 Å². The van der Waals surface area contributed by atoms with Crippen molar-refractivity contribution in [1.82, 2.24) is 0 Å². The number of benzene rings is 6. The third-order valence-electron chi connectivity index (χ3n) is 8.67. The molecule has 0 saturated heterocycles. The van der Waals surface area contributed by atoms with Crippen molar-refractivity contribution in [3.05, 3.63) is 156 Å². The van der Waals surface area contributed by atoms with Crippen LogP contribution in [0.1, 0.15) is 13.3 Å². The zero-order valence-electron chi connectivity index (χ0n) is 26.1. The standard InChI is InChI=1S/C40H32Cl2O4P2/c1-28-26-27-45-39-33(41)22-24-35(47(43,29-14-6-2-7-15-29)30-16-8-3-9-17-30)37(39)38-36(25-23-34(42)40(38)46-28)48(44,31-18-10-4-11-19-31)32-20-12-5-13-21-32/h2-25,28H,26-27H2,1H3/t28-/m1/s1. The molecule has 1 aliphatic rings. The normalized spacial score (nSPS) is 14.7. The molecule has 0 unspecified atom stereocenters. The first-order chi connectivity index (χ1) is 23.3. The van der Waals surface area contributed by atoms with Gasteiger partial charge in [0.05, 0.1) is 22.8 Å². The fourth-order valence-corrected chi connectivity index (χ4v) is 12.5. The Morgan fingerprint density at radius 3 is 1.27 bits per heavy atom. The summed E-state index contributed by atoms with van der Waals surface area (Å²) in [6.07, 6.45) is 0.222. The summed E-state index contributed by atoms with van der Waals surface area (Å²) in [5.41, 5.74) is 0.902. The molecule has 0 bridgehead atoms. The monoisotopic (exact) mass is 708 g/mol. The van der Waals surface area contributed by atoms with Crippen molar-refractivity contribution in [3.63, 3.8) is 0 Å². The van der Waals surface area contributed by atoms with Gasteiger partial charge < -0.3 is 18.6 Å². The molecule has 6 aromatic rings. The Bertz CT molecular complexity index is 2090. The predicted molar refractivity (Wildman–Crippen MR) is 201 cm³/mol. The Morgan fingerprint density at radius 1 is 0.521 bits per heavy atom. The molecule has 8 heteroatoms. The Labute approximate surface area is 291 Å². The van der Waals surface area contributed by atoms with Crippen molar-refractivity contribution < 1.29 is 18.6 Å². The minimum atomic E-state index is -3.64. The first-order valence-electron chi connectivity index (χ1n) is 15.7. The van der Waals surface area contributed by atoms with Gasteiger partial charge in [0.1, 0.15) is 11.5 Å². The van der Waals surface area contributed by atoms with Gasteiger partial charge in [0.15, 0.2) is 14.3 Å². The van der Waals surface area contributed by atoms with Crippen molar-refractivity contribution >= 4 is 69.3 Å². The van der Waals surface area contributed by atoms with Crippen LogP contribution in [-0.4, -0.2) is 12.7 Å². The minimum absolute atomic E-state index is 0.286. The van der Waals surface area contributed by atoms with Crippen molar-refractivity contribution in [1.29, 1.82) is 0 Å². The highest BCUT2D eigenvalue weighted by molar-refractivity contribution is 7.86. The summed E-state index contributed by atoms with van der Waals surface area (Å²) >= 11 is 14.1. The van der Waals surface area contributed by atoms with Crippen molar-refractivity contribution in [3.8, 4) is 22.6 Å². The van der Waals surface area contributed by atoms with E-state index in [1.165, 1.54) is 0 Å². The summed E-state index contributed by atoms with van der Waals surface area (Å²) in [6, 6.07) is 44.7. The number of hydrogen-bond acceptors (Lipinski definition) is 4. The fourth-order valence-electron chi connectivity index (χ4n) is 6.35. The van der Waals surface area contributed by atoms with E-state index in [1.54, 1.807) is 24.3 Å². The van der Waals surface area contributed by atoms with Crippen LogP contribution < -0.4 is 41.3 Å². The molecule has 240 valence electrons. The van der Waals surface area contributed by atoms with Crippen LogP contribution in [0.4, 0.5) is 0 Å². The van der Waals surface area contributed by atoms with Crippen LogP contribution in [0, 0.1) is 0 Å². The van der Waals surface area contributed by atoms with E-state index >= 15 is 9.13 Å². The zero-order chi connectivity index (χ0) is 33.3. The number of rotatable bonds is 6. The Morgan fingerprint density at radius 2 is 0.875 bits per heavy atom. The van der Waals surface area contributed by atoms with Gasteiger partial charge in [-0.05, 0) is 31.2 Å². The lowest BCUT2D eigenvalue weighted by molar-refractivity contribution is 0.181. The third kappa shape index (κ3) is 5.62. The van der Waals surface area contributed by atoms with Gasteiger partial charge in [-0.25, -0.2) is 0 Å². The summed E-state index contributed by atoms with van der Waals surface area (Å²) in [7, 11) is -7.27. The minimum Gasteiger partial charge on any atom is -0.491 e. The Kier molecular flexibility index (Phi) is 9.12. The lowest BCUT2D eigenvalue weighted by atomic mass is 10.0. The van der Waals surface area contributed by atoms with Crippen molar-refractivity contribution in [2.75, 3.05) is 6.61 Å². The van der Waals surface area contributed by atoms with Crippen molar-refractivity contribution in [2.45, 2.75) is 19.4 Å². The molecular weight excluding hydrogens is 677 g/mol. The molecule has 0 amide bonds. The van der Waals surface area contributed by atoms with E-state index in [2.05, 4.69) is 0 Å². The lowest BCUT2D eigenvalue weighted by Crippen LogP contribution is -2.30. The van der Waals surface area contributed by atoms with Gasteiger partial charge in [0.2, 0.25) is 0 Å². The number of ether oxygens (including phenoxy) is 2. The second-order valence-corrected chi connectivity index (χ2v) is 17.9. The van der Waals surface area contributed by atoms with Gasteiger partial charge in [0, 0.05) is 49.4 Å². The molecule has 1 aliphatic heterocycles. The molecule has 0 aliphatic carbocycles. The summed E-state index contributed by atoms with van der Waals surface area (Å²) in [5, 5.41) is 4.17. The molecule has 0 radical (unpaired) electrons. The average molecular weight is 710 g/mol. The summed E-state index contributed by atoms with van der Waals surface area (Å²) < 4.78 is 45.4. The molecule has 0 N–H and O–H groups in total. The smallest absolute Gasteiger partial charge is 0.171 e. The second kappa shape index (κ2) is 13.5. The highest BCUT2D eigenvalue weighted by atomic mass is 35.5. The lowest BCUT2D eigenvalue weighted by Gasteiger charge is -2.29. The van der Waals surface area contributed by atoms with E-state index in [0.29, 0.717) is 70.9 Å². The Hall–Kier alpha value is -4.04. The maximum atomic E-state index is 16.1. The Balaban J connectivity index is 1.68. The van der Waals surface area contributed by atoms with E-state index in [-0.39, 0.29) is 12.7 Å². The molecule has 6 aromatic carbocycles. The molecule has 4 nitrogen and oxygen atoms in total. The van der Waals surface area contributed by atoms with E-state index in [1.807, 2.05) is 128 Å². The van der Waals surface area contributed by atoms with Gasteiger partial charge in [-0.2, -0.15) is 0 Å². The maximum Gasteiger partial charge on any atom is 0.171 e. The van der Waals surface area contributed by atoms with Crippen LogP contribution >= 0.6 is 37.5 Å². The molecular formula is C40H32Cl2O4P2. The van der Waals surface area contributed by atoms with Crippen LogP contribution in [-0.2, 0) is 9.13 Å². The number of hydrogen-bond donors (Lipinski definition) is 0. The highest BCUT2D eigenvalue weighted by Crippen LogP contribution is 2.55. The van der Waals surface area contributed by atoms with E-state index in [0.717, 1.165) is 0 Å². The largest absolute Gasteiger partial charge is 0.491 e. The van der Waals surface area contributed by atoms with E-state index in [4.69, 9.17) is 32.7 Å². The van der Waals surface area contributed by atoms with E-state index < -0.39 is 14.3 Å². The SMILES string of the molecule is C[C@@H]1CCOc2c(Cl)ccc(P(=O)(c3ccccc3)c3ccccc3)c2-c2c(P(=O)(c3ccccc3)c3ccccc3)ccc(Cl)c2O1. The van der Waals surface area contributed by atoms with Gasteiger partial charge in [0.25, 0.3) is 0 Å². The van der Waals surface area contributed by atoms with Crippen LogP contribution in [0.2, 0.25) is 10.0 Å². The molecule has 0 spiro atoms. The molecule has 0 fully saturated rings. The number of fused-ring (bicyclic) bond motifs is 3. The quantitative estimate of drug-likeness (QED) is 0.163. The summed E-state index contributed by atoms with van der Waals surface area (Å²) in [4.78, 5) is 0. The number of halogens is 2. The first-order valence-corrected chi connectivity index (χ1v) is 19.9. The predicted octanol–water partition coefficient (Wildman–Crippen LogP) is 8.49. The van der Waals surface area contributed by atoms with Gasteiger partial charge in [-0.15, -0.1) is 0 Å². The molecule has 0 aromatic heterocycles. The average Bonchev–Trinajstić information content (AvgIpc) is 3.21. The van der Waals surface area contributed by atoms with Crippen LogP contribution in [0.25, 0.3) is 11.1 Å². The van der Waals surface area contributed by atoms with Crippen LogP contribution in [0.3, 0.4) is 0 Å². The molecule has 48 heavy (non-hydrogen) atoms. The molecule has 0 saturated carbocycles. The topological polar surface area (TPSA) is 52.6 Å². The van der Waals surface area contributed by atoms with Crippen molar-refractivity contribution in [2.24, 2.45) is 0 Å². The molecule has 1 heterocycles. The highest BCUT2D eigenvalue weighted by Gasteiger charge is 2.41. The fraction of sp³-hybridized carbons (Fsp3) is 0.100. The summed E-state index contributed by atoms with van der Waals surface area (Å²) in [5.74, 6) is 0.688. The molecule has 1 atom stereocenters. The van der Waals surface area contributed by atoms with Gasteiger partial charge in [-0.1, -0.05) is 145 Å². The first kappa shape index (κ1) is 32.5. The third-order valence-corrected chi connectivity index (χ3v) is 15.5. The maximum absolute atomic E-state index is 16.1. The van der Waals surface area contributed by atoms with E-state index in [9.17, 15) is 0 Å². The zero-order valence-corrected chi connectivity index (χ0v) is 29.4. The molecule has 7 rings (SSSR count). The second-order valence-electron chi connectivity index (χ2n) is 11.7. The van der Waals surface area contributed by atoms with Crippen LogP contribution in [0.5, 0.6) is 11.5 Å². The summed E-state index contributed by atoms with van der Waals surface area (Å²) in [6.45, 7) is 2.23.